The van der Waals surface area contributed by atoms with Crippen molar-refractivity contribution in [1.29, 1.82) is 0 Å². The quantitative estimate of drug-likeness (QED) is 0.753. The van der Waals surface area contributed by atoms with E-state index in [0.717, 1.165) is 26.1 Å². The van der Waals surface area contributed by atoms with Crippen LogP contribution in [0.15, 0.2) is 24.3 Å². The van der Waals surface area contributed by atoms with E-state index in [1.807, 2.05) is 0 Å². The van der Waals surface area contributed by atoms with Crippen molar-refractivity contribution in [2.24, 2.45) is 5.73 Å². The van der Waals surface area contributed by atoms with Gasteiger partial charge < -0.3 is 10.6 Å². The van der Waals surface area contributed by atoms with E-state index in [1.165, 1.54) is 4.90 Å². The van der Waals surface area contributed by atoms with Gasteiger partial charge in [0.1, 0.15) is 0 Å². The van der Waals surface area contributed by atoms with Gasteiger partial charge in [-0.1, -0.05) is 19.1 Å². The van der Waals surface area contributed by atoms with E-state index < -0.39 is 0 Å². The molecule has 0 saturated heterocycles. The molecule has 1 aromatic carbocycles. The smallest absolute Gasteiger partial charge is 0.261 e. The molecule has 0 spiro atoms. The highest BCUT2D eigenvalue weighted by Gasteiger charge is 2.34. The van der Waals surface area contributed by atoms with Crippen LogP contribution in [0, 0.1) is 0 Å². The van der Waals surface area contributed by atoms with Crippen LogP contribution in [0.1, 0.15) is 34.1 Å². The van der Waals surface area contributed by atoms with Crippen LogP contribution in [0.2, 0.25) is 0 Å². The SMILES string of the molecule is CCN(CCN)CCCN1C(=O)c2ccccc2C1=O. The van der Waals surface area contributed by atoms with E-state index in [1.54, 1.807) is 24.3 Å². The molecule has 1 aromatic rings. The second kappa shape index (κ2) is 6.63. The van der Waals surface area contributed by atoms with E-state index in [-0.39, 0.29) is 11.8 Å². The normalized spacial score (nSPS) is 14.2. The Bertz CT molecular complexity index is 467. The Hall–Kier alpha value is -1.72. The molecule has 0 saturated carbocycles. The molecule has 1 heterocycles. The summed E-state index contributed by atoms with van der Waals surface area (Å²) < 4.78 is 0. The zero-order chi connectivity index (χ0) is 14.5. The van der Waals surface area contributed by atoms with Crippen LogP contribution >= 0.6 is 0 Å². The zero-order valence-corrected chi connectivity index (χ0v) is 11.8. The number of benzene rings is 1. The van der Waals surface area contributed by atoms with Crippen molar-refractivity contribution in [1.82, 2.24) is 9.80 Å². The fourth-order valence-corrected chi connectivity index (χ4v) is 2.51. The minimum absolute atomic E-state index is 0.174. The molecular weight excluding hydrogens is 254 g/mol. The second-order valence-electron chi connectivity index (χ2n) is 4.88. The zero-order valence-electron chi connectivity index (χ0n) is 11.8. The summed E-state index contributed by atoms with van der Waals surface area (Å²) in [4.78, 5) is 27.9. The van der Waals surface area contributed by atoms with Gasteiger partial charge >= 0.3 is 0 Å². The van der Waals surface area contributed by atoms with Crippen molar-refractivity contribution >= 4 is 11.8 Å². The Morgan fingerprint density at radius 3 is 2.20 bits per heavy atom. The topological polar surface area (TPSA) is 66.6 Å². The Morgan fingerprint density at radius 1 is 1.10 bits per heavy atom. The molecule has 0 bridgehead atoms. The molecule has 2 N–H and O–H groups in total. The molecule has 108 valence electrons. The summed E-state index contributed by atoms with van der Waals surface area (Å²) in [6.07, 6.45) is 0.777. The van der Waals surface area contributed by atoms with Crippen molar-refractivity contribution in [3.8, 4) is 0 Å². The summed E-state index contributed by atoms with van der Waals surface area (Å²) in [7, 11) is 0. The van der Waals surface area contributed by atoms with E-state index in [9.17, 15) is 9.59 Å². The number of carbonyl (C=O) groups excluding carboxylic acids is 2. The van der Waals surface area contributed by atoms with Crippen molar-refractivity contribution in [3.63, 3.8) is 0 Å². The summed E-state index contributed by atoms with van der Waals surface area (Å²) in [6, 6.07) is 6.99. The molecule has 2 amide bonds. The van der Waals surface area contributed by atoms with Crippen molar-refractivity contribution < 1.29 is 9.59 Å². The van der Waals surface area contributed by atoms with Crippen molar-refractivity contribution in [3.05, 3.63) is 35.4 Å². The number of fused-ring (bicyclic) bond motifs is 1. The van der Waals surface area contributed by atoms with Crippen LogP contribution in [0.4, 0.5) is 0 Å². The largest absolute Gasteiger partial charge is 0.329 e. The lowest BCUT2D eigenvalue weighted by Gasteiger charge is -2.21. The van der Waals surface area contributed by atoms with Crippen molar-refractivity contribution in [2.75, 3.05) is 32.7 Å². The van der Waals surface area contributed by atoms with Crippen LogP contribution in [-0.4, -0.2) is 54.3 Å². The number of rotatable bonds is 7. The molecule has 0 radical (unpaired) electrons. The van der Waals surface area contributed by atoms with E-state index in [2.05, 4.69) is 11.8 Å². The molecule has 0 atom stereocenters. The van der Waals surface area contributed by atoms with Gasteiger partial charge in [-0.25, -0.2) is 0 Å². The summed E-state index contributed by atoms with van der Waals surface area (Å²) in [5, 5.41) is 0. The Kier molecular flexibility index (Phi) is 4.87. The molecule has 0 aliphatic carbocycles. The Morgan fingerprint density at radius 2 is 1.70 bits per heavy atom. The van der Waals surface area contributed by atoms with Gasteiger partial charge in [-0.3, -0.25) is 14.5 Å². The molecule has 1 aliphatic heterocycles. The number of nitrogens with zero attached hydrogens (tertiary/aromatic N) is 2. The number of hydrogen-bond donors (Lipinski definition) is 1. The van der Waals surface area contributed by atoms with E-state index >= 15 is 0 Å². The average Bonchev–Trinajstić information content (AvgIpc) is 2.71. The van der Waals surface area contributed by atoms with Crippen LogP contribution in [-0.2, 0) is 0 Å². The van der Waals surface area contributed by atoms with Gasteiger partial charge in [-0.05, 0) is 31.6 Å². The molecule has 0 fully saturated rings. The fourth-order valence-electron chi connectivity index (χ4n) is 2.51. The first-order valence-electron chi connectivity index (χ1n) is 7.06. The van der Waals surface area contributed by atoms with Crippen molar-refractivity contribution in [2.45, 2.75) is 13.3 Å². The lowest BCUT2D eigenvalue weighted by molar-refractivity contribution is 0.0648. The van der Waals surface area contributed by atoms with Crippen LogP contribution in [0.25, 0.3) is 0 Å². The highest BCUT2D eigenvalue weighted by Crippen LogP contribution is 2.22. The number of imide groups is 1. The highest BCUT2D eigenvalue weighted by atomic mass is 16.2. The molecular formula is C15H21N3O2. The third-order valence-electron chi connectivity index (χ3n) is 3.63. The average molecular weight is 275 g/mol. The molecule has 5 nitrogen and oxygen atoms in total. The van der Waals surface area contributed by atoms with Gasteiger partial charge in [-0.2, -0.15) is 0 Å². The highest BCUT2D eigenvalue weighted by molar-refractivity contribution is 6.21. The lowest BCUT2D eigenvalue weighted by atomic mass is 10.1. The van der Waals surface area contributed by atoms with Gasteiger partial charge in [0.2, 0.25) is 0 Å². The fraction of sp³-hybridized carbons (Fsp3) is 0.467. The number of carbonyl (C=O) groups is 2. The molecule has 2 rings (SSSR count). The standard InChI is InChI=1S/C15H21N3O2/c1-2-17(11-8-16)9-5-10-18-14(19)12-6-3-4-7-13(12)15(18)20/h3-4,6-7H,2,5,8-11,16H2,1H3. The minimum Gasteiger partial charge on any atom is -0.329 e. The predicted octanol–water partition coefficient (Wildman–Crippen LogP) is 0.953. The lowest BCUT2D eigenvalue weighted by Crippen LogP contribution is -2.35. The van der Waals surface area contributed by atoms with E-state index in [4.69, 9.17) is 5.73 Å². The first-order chi connectivity index (χ1) is 9.69. The maximum atomic E-state index is 12.1. The van der Waals surface area contributed by atoms with Gasteiger partial charge in [0.15, 0.2) is 0 Å². The van der Waals surface area contributed by atoms with E-state index in [0.29, 0.717) is 24.2 Å². The summed E-state index contributed by atoms with van der Waals surface area (Å²) >= 11 is 0. The maximum Gasteiger partial charge on any atom is 0.261 e. The van der Waals surface area contributed by atoms with Gasteiger partial charge in [0, 0.05) is 19.6 Å². The number of hydrogen-bond acceptors (Lipinski definition) is 4. The predicted molar refractivity (Wildman–Crippen MR) is 77.6 cm³/mol. The number of amides is 2. The first-order valence-corrected chi connectivity index (χ1v) is 7.06. The third-order valence-corrected chi connectivity index (χ3v) is 3.63. The maximum absolute atomic E-state index is 12.1. The summed E-state index contributed by atoms with van der Waals surface area (Å²) in [5.41, 5.74) is 6.58. The molecule has 20 heavy (non-hydrogen) atoms. The minimum atomic E-state index is -0.174. The van der Waals surface area contributed by atoms with Gasteiger partial charge in [0.05, 0.1) is 11.1 Å². The monoisotopic (exact) mass is 275 g/mol. The summed E-state index contributed by atoms with van der Waals surface area (Å²) in [5.74, 6) is -0.347. The van der Waals surface area contributed by atoms with Crippen LogP contribution < -0.4 is 5.73 Å². The molecule has 1 aliphatic rings. The molecule has 5 heteroatoms. The number of likely N-dealkylation sites (N-methyl/N-ethyl adjacent to an activating group) is 1. The summed E-state index contributed by atoms with van der Waals surface area (Å²) in [6.45, 7) is 5.80. The van der Waals surface area contributed by atoms with Crippen LogP contribution in [0.5, 0.6) is 0 Å². The Labute approximate surface area is 119 Å². The molecule has 0 unspecified atom stereocenters. The number of nitrogens with two attached hydrogens (primary N) is 1. The first kappa shape index (κ1) is 14.7. The molecule has 0 aromatic heterocycles. The third kappa shape index (κ3) is 2.89. The second-order valence-corrected chi connectivity index (χ2v) is 4.88. The Balaban J connectivity index is 1.92. The van der Waals surface area contributed by atoms with Crippen LogP contribution in [0.3, 0.4) is 0 Å². The van der Waals surface area contributed by atoms with Gasteiger partial charge in [-0.15, -0.1) is 0 Å². The van der Waals surface area contributed by atoms with Gasteiger partial charge in [0.25, 0.3) is 11.8 Å².